The van der Waals surface area contributed by atoms with Gasteiger partial charge in [-0.05, 0) is 18.6 Å². The van der Waals surface area contributed by atoms with Crippen LogP contribution in [0.1, 0.15) is 23.6 Å². The van der Waals surface area contributed by atoms with Crippen LogP contribution in [0.4, 0.5) is 24.9 Å². The van der Waals surface area contributed by atoms with Crippen molar-refractivity contribution in [1.29, 1.82) is 5.26 Å². The Kier molecular flexibility index (Phi) is 6.18. The second-order valence-corrected chi connectivity index (χ2v) is 5.42. The molecule has 7 nitrogen and oxygen atoms in total. The Morgan fingerprint density at radius 1 is 1.37 bits per heavy atom. The van der Waals surface area contributed by atoms with E-state index in [9.17, 15) is 23.2 Å². The van der Waals surface area contributed by atoms with Gasteiger partial charge in [0.15, 0.2) is 17.2 Å². The van der Waals surface area contributed by atoms with Crippen LogP contribution in [-0.2, 0) is 17.4 Å². The maximum atomic E-state index is 12.7. The molecule has 0 aliphatic heterocycles. The Balaban J connectivity index is 2.09. The van der Waals surface area contributed by atoms with Crippen molar-refractivity contribution < 1.29 is 22.7 Å². The number of hydrogen-bond acceptors (Lipinski definition) is 7. The molecule has 2 rings (SSSR count). The fraction of sp³-hybridized carbons (Fsp3) is 0.294. The molecule has 0 amide bonds. The lowest BCUT2D eigenvalue weighted by molar-refractivity contribution is -0.137. The van der Waals surface area contributed by atoms with Crippen molar-refractivity contribution in [2.24, 2.45) is 0 Å². The molecule has 0 bridgehead atoms. The first-order valence-corrected chi connectivity index (χ1v) is 7.86. The molecule has 3 N–H and O–H groups in total. The first kappa shape index (κ1) is 20.0. The van der Waals surface area contributed by atoms with E-state index in [4.69, 9.17) is 10.5 Å². The number of nitrogens with one attached hydrogen (secondary N) is 1. The normalized spacial score (nSPS) is 10.9. The summed E-state index contributed by atoms with van der Waals surface area (Å²) in [6.45, 7) is 1.69. The summed E-state index contributed by atoms with van der Waals surface area (Å²) in [5.74, 6) is -0.537. The Bertz CT molecular complexity index is 878. The fourth-order valence-electron chi connectivity index (χ4n) is 2.26. The lowest BCUT2D eigenvalue weighted by atomic mass is 10.1. The molecule has 0 aliphatic rings. The van der Waals surface area contributed by atoms with Gasteiger partial charge in [-0.2, -0.15) is 28.4 Å². The van der Waals surface area contributed by atoms with E-state index >= 15 is 0 Å². The van der Waals surface area contributed by atoms with Crippen molar-refractivity contribution in [1.82, 2.24) is 9.97 Å². The summed E-state index contributed by atoms with van der Waals surface area (Å²) in [6.07, 6.45) is -4.69. The molecule has 0 radical (unpaired) electrons. The van der Waals surface area contributed by atoms with Gasteiger partial charge in [0.1, 0.15) is 6.07 Å². The van der Waals surface area contributed by atoms with Gasteiger partial charge in [0.2, 0.25) is 11.8 Å². The first-order valence-electron chi connectivity index (χ1n) is 7.86. The van der Waals surface area contributed by atoms with Gasteiger partial charge in [0.05, 0.1) is 18.7 Å². The summed E-state index contributed by atoms with van der Waals surface area (Å²) < 4.78 is 43.4. The van der Waals surface area contributed by atoms with Crippen LogP contribution in [0, 0.1) is 11.3 Å². The molecule has 0 aliphatic carbocycles. The Morgan fingerprint density at radius 3 is 2.74 bits per heavy atom. The smallest absolute Gasteiger partial charge is 0.416 e. The number of benzene rings is 1. The molecule has 0 saturated carbocycles. The molecule has 0 unspecified atom stereocenters. The number of ether oxygens (including phenoxy) is 1. The van der Waals surface area contributed by atoms with E-state index in [1.165, 1.54) is 12.1 Å². The van der Waals surface area contributed by atoms with E-state index < -0.39 is 17.5 Å². The number of alkyl halides is 3. The zero-order chi connectivity index (χ0) is 20.0. The van der Waals surface area contributed by atoms with Gasteiger partial charge in [0, 0.05) is 6.42 Å². The van der Waals surface area contributed by atoms with Crippen LogP contribution < -0.4 is 15.8 Å². The Morgan fingerprint density at radius 2 is 2.11 bits per heavy atom. The van der Waals surface area contributed by atoms with Crippen molar-refractivity contribution in [3.8, 4) is 11.9 Å². The maximum absolute atomic E-state index is 12.7. The van der Waals surface area contributed by atoms with Crippen LogP contribution in [-0.4, -0.2) is 28.9 Å². The van der Waals surface area contributed by atoms with Gasteiger partial charge >= 0.3 is 6.18 Å². The molecule has 0 fully saturated rings. The van der Waals surface area contributed by atoms with Crippen LogP contribution in [0.5, 0.6) is 5.88 Å². The number of nitriles is 1. The Hall–Kier alpha value is -3.35. The van der Waals surface area contributed by atoms with E-state index in [2.05, 4.69) is 15.3 Å². The van der Waals surface area contributed by atoms with Crippen LogP contribution in [0.25, 0.3) is 0 Å². The summed E-state index contributed by atoms with van der Waals surface area (Å²) >= 11 is 0. The van der Waals surface area contributed by atoms with Crippen molar-refractivity contribution in [2.75, 3.05) is 24.2 Å². The van der Waals surface area contributed by atoms with Gasteiger partial charge in [0.25, 0.3) is 0 Å². The minimum Gasteiger partial charge on any atom is -0.477 e. The van der Waals surface area contributed by atoms with Gasteiger partial charge in [-0.1, -0.05) is 18.2 Å². The monoisotopic (exact) mass is 379 g/mol. The zero-order valence-electron chi connectivity index (χ0n) is 14.3. The Labute approximate surface area is 153 Å². The van der Waals surface area contributed by atoms with Crippen molar-refractivity contribution in [3.63, 3.8) is 0 Å². The molecule has 27 heavy (non-hydrogen) atoms. The minimum absolute atomic E-state index is 0.0136. The number of ketones is 1. The lowest BCUT2D eigenvalue weighted by Crippen LogP contribution is -2.18. The first-order chi connectivity index (χ1) is 12.7. The number of aromatic nitrogens is 2. The molecular weight excluding hydrogens is 363 g/mol. The number of carbonyl (C=O) groups is 1. The van der Waals surface area contributed by atoms with Crippen LogP contribution in [0.2, 0.25) is 0 Å². The van der Waals surface area contributed by atoms with Crippen LogP contribution >= 0.6 is 0 Å². The van der Waals surface area contributed by atoms with E-state index in [0.717, 1.165) is 12.1 Å². The summed E-state index contributed by atoms with van der Waals surface area (Å²) in [4.78, 5) is 19.8. The lowest BCUT2D eigenvalue weighted by Gasteiger charge is -2.11. The molecule has 0 atom stereocenters. The predicted molar refractivity (Wildman–Crippen MR) is 91.0 cm³/mol. The molecule has 0 spiro atoms. The third kappa shape index (κ3) is 5.31. The third-order valence-corrected chi connectivity index (χ3v) is 3.39. The van der Waals surface area contributed by atoms with E-state index in [1.807, 2.05) is 6.07 Å². The highest BCUT2D eigenvalue weighted by atomic mass is 19.4. The van der Waals surface area contributed by atoms with Gasteiger partial charge in [-0.3, -0.25) is 4.79 Å². The molecule has 142 valence electrons. The summed E-state index contributed by atoms with van der Waals surface area (Å²) in [6, 6.07) is 6.41. The number of Topliss-reactive ketones (excluding diaryl/α,β-unsaturated/α-hetero) is 1. The quantitative estimate of drug-likeness (QED) is 0.760. The van der Waals surface area contributed by atoms with Gasteiger partial charge < -0.3 is 15.8 Å². The molecule has 2 aromatic rings. The molecule has 10 heteroatoms. The number of nitrogens with zero attached hydrogens (tertiary/aromatic N) is 3. The van der Waals surface area contributed by atoms with Gasteiger partial charge in [-0.25, -0.2) is 0 Å². The van der Waals surface area contributed by atoms with Crippen LogP contribution in [0.3, 0.4) is 0 Å². The van der Waals surface area contributed by atoms with E-state index in [0.29, 0.717) is 0 Å². The number of hydrogen-bond donors (Lipinski definition) is 2. The van der Waals surface area contributed by atoms with Crippen molar-refractivity contribution >= 4 is 17.5 Å². The SMILES string of the molecule is CCOc1nc(N)nc(NCC(=O)Cc2cccc(C(F)(F)F)c2)c1C#N. The number of carbonyl (C=O) groups excluding carboxylic acids is 1. The molecule has 1 aromatic heterocycles. The van der Waals surface area contributed by atoms with Crippen LogP contribution in [0.15, 0.2) is 24.3 Å². The average Bonchev–Trinajstić information content (AvgIpc) is 2.59. The van der Waals surface area contributed by atoms with E-state index in [-0.39, 0.29) is 48.3 Å². The molecular formula is C17H16F3N5O2. The minimum atomic E-state index is -4.48. The fourth-order valence-corrected chi connectivity index (χ4v) is 2.26. The number of nitrogen functional groups attached to an aromatic ring is 1. The highest BCUT2D eigenvalue weighted by Crippen LogP contribution is 2.29. The number of halogens is 3. The topological polar surface area (TPSA) is 114 Å². The summed E-state index contributed by atoms with van der Waals surface area (Å²) in [5.41, 5.74) is 4.95. The summed E-state index contributed by atoms with van der Waals surface area (Å²) in [5, 5.41) is 11.9. The predicted octanol–water partition coefficient (Wildman–Crippen LogP) is 2.57. The van der Waals surface area contributed by atoms with Crippen molar-refractivity contribution in [2.45, 2.75) is 19.5 Å². The molecule has 1 aromatic carbocycles. The largest absolute Gasteiger partial charge is 0.477 e. The maximum Gasteiger partial charge on any atom is 0.416 e. The standard InChI is InChI=1S/C17H16F3N5O2/c1-2-27-15-13(8-21)14(24-16(22)25-15)23-9-12(26)7-10-4-3-5-11(6-10)17(18,19)20/h3-6H,2,7,9H2,1H3,(H3,22,23,24,25). The molecule has 0 saturated heterocycles. The highest BCUT2D eigenvalue weighted by molar-refractivity contribution is 5.85. The van der Waals surface area contributed by atoms with Gasteiger partial charge in [-0.15, -0.1) is 0 Å². The number of anilines is 2. The number of nitrogens with two attached hydrogens (primary N) is 1. The number of rotatable bonds is 7. The molecule has 1 heterocycles. The van der Waals surface area contributed by atoms with Crippen molar-refractivity contribution in [3.05, 3.63) is 41.0 Å². The average molecular weight is 379 g/mol. The second kappa shape index (κ2) is 8.35. The highest BCUT2D eigenvalue weighted by Gasteiger charge is 2.30. The zero-order valence-corrected chi connectivity index (χ0v) is 14.3. The summed E-state index contributed by atoms with van der Waals surface area (Å²) in [7, 11) is 0. The van der Waals surface area contributed by atoms with E-state index in [1.54, 1.807) is 6.92 Å². The second-order valence-electron chi connectivity index (χ2n) is 5.42. The third-order valence-electron chi connectivity index (χ3n) is 3.39.